The molecule has 0 aromatic carbocycles. The molecule has 0 aliphatic carbocycles. The van der Waals surface area contributed by atoms with Gasteiger partial charge in [0.25, 0.3) is 0 Å². The van der Waals surface area contributed by atoms with Crippen molar-refractivity contribution in [3.8, 4) is 0 Å². The molecule has 16 heavy (non-hydrogen) atoms. The first kappa shape index (κ1) is 12.2. The molecule has 0 bridgehead atoms. The molecule has 0 unspecified atom stereocenters. The van der Waals surface area contributed by atoms with Crippen LogP contribution in [0.25, 0.3) is 0 Å². The van der Waals surface area contributed by atoms with Crippen molar-refractivity contribution in [3.63, 3.8) is 0 Å². The number of aliphatic hydroxyl groups excluding tert-OH is 1. The Morgan fingerprint density at radius 2 is 2.38 bits per heavy atom. The highest BCUT2D eigenvalue weighted by Crippen LogP contribution is 1.89. The fourth-order valence-corrected chi connectivity index (χ4v) is 1.08. The number of rotatable bonds is 5. The Kier molecular flexibility index (Phi) is 4.46. The largest absolute Gasteiger partial charge is 0.396 e. The molecule has 1 rings (SSSR count). The van der Waals surface area contributed by atoms with Gasteiger partial charge in [0.2, 0.25) is 5.91 Å². The number of nitrogens with zero attached hydrogens (tertiary/aromatic N) is 2. The van der Waals surface area contributed by atoms with Crippen LogP contribution in [0.15, 0.2) is 17.1 Å². The van der Waals surface area contributed by atoms with Gasteiger partial charge in [-0.1, -0.05) is 0 Å². The smallest absolute Gasteiger partial charge is 0.349 e. The van der Waals surface area contributed by atoms with Gasteiger partial charge in [-0.2, -0.15) is 4.98 Å². The van der Waals surface area contributed by atoms with Crippen LogP contribution >= 0.6 is 0 Å². The number of hydrogen-bond donors (Lipinski definition) is 3. The van der Waals surface area contributed by atoms with Crippen molar-refractivity contribution >= 4 is 11.7 Å². The van der Waals surface area contributed by atoms with Gasteiger partial charge >= 0.3 is 5.69 Å². The van der Waals surface area contributed by atoms with Gasteiger partial charge in [-0.05, 0) is 12.5 Å². The highest BCUT2D eigenvalue weighted by atomic mass is 16.3. The second-order valence-corrected chi connectivity index (χ2v) is 3.19. The summed E-state index contributed by atoms with van der Waals surface area (Å²) in [5.74, 6) is -0.177. The predicted molar refractivity (Wildman–Crippen MR) is 57.6 cm³/mol. The maximum Gasteiger partial charge on any atom is 0.349 e. The summed E-state index contributed by atoms with van der Waals surface area (Å²) in [6, 6.07) is 1.45. The minimum atomic E-state index is -0.558. The minimum Gasteiger partial charge on any atom is -0.396 e. The third-order valence-electron chi connectivity index (χ3n) is 1.87. The summed E-state index contributed by atoms with van der Waals surface area (Å²) in [5, 5.41) is 11.1. The van der Waals surface area contributed by atoms with Crippen LogP contribution in [0.4, 0.5) is 5.82 Å². The number of aliphatic hydroxyl groups is 1. The number of nitrogen functional groups attached to an aromatic ring is 1. The highest BCUT2D eigenvalue weighted by molar-refractivity contribution is 5.75. The third kappa shape index (κ3) is 3.70. The Balaban J connectivity index is 2.53. The monoisotopic (exact) mass is 226 g/mol. The normalized spacial score (nSPS) is 10.1. The molecular weight excluding hydrogens is 212 g/mol. The van der Waals surface area contributed by atoms with Gasteiger partial charge in [-0.3, -0.25) is 9.36 Å². The fraction of sp³-hybridized carbons (Fsp3) is 0.444. The zero-order chi connectivity index (χ0) is 12.0. The summed E-state index contributed by atoms with van der Waals surface area (Å²) < 4.78 is 1.16. The summed E-state index contributed by atoms with van der Waals surface area (Å²) in [6.45, 7) is 0.299. The van der Waals surface area contributed by atoms with Crippen LogP contribution in [0.1, 0.15) is 6.42 Å². The first-order chi connectivity index (χ1) is 7.63. The molecule has 1 aromatic heterocycles. The number of hydrogen-bond acceptors (Lipinski definition) is 5. The van der Waals surface area contributed by atoms with Crippen LogP contribution in [0.3, 0.4) is 0 Å². The predicted octanol–water partition coefficient (Wildman–Crippen LogP) is -1.68. The van der Waals surface area contributed by atoms with Crippen LogP contribution in [0.5, 0.6) is 0 Å². The number of anilines is 1. The van der Waals surface area contributed by atoms with Crippen LogP contribution in [0.2, 0.25) is 0 Å². The van der Waals surface area contributed by atoms with Gasteiger partial charge < -0.3 is 16.2 Å². The standard InChI is InChI=1S/C9H14N4O3/c10-7-2-4-13(9(16)12-7)6-8(15)11-3-1-5-14/h2,4,14H,1,3,5-6H2,(H,11,15)(H2,10,12,16). The zero-order valence-electron chi connectivity index (χ0n) is 8.72. The second-order valence-electron chi connectivity index (χ2n) is 3.19. The highest BCUT2D eigenvalue weighted by Gasteiger charge is 2.04. The van der Waals surface area contributed by atoms with Gasteiger partial charge in [0.1, 0.15) is 12.4 Å². The number of nitrogens with two attached hydrogens (primary N) is 1. The van der Waals surface area contributed by atoms with E-state index in [0.29, 0.717) is 13.0 Å². The van der Waals surface area contributed by atoms with Gasteiger partial charge in [0, 0.05) is 19.3 Å². The average Bonchev–Trinajstić information content (AvgIpc) is 2.23. The Bertz CT molecular complexity index is 415. The van der Waals surface area contributed by atoms with Crippen LogP contribution in [-0.2, 0) is 11.3 Å². The molecule has 0 radical (unpaired) electrons. The van der Waals surface area contributed by atoms with Gasteiger partial charge in [-0.25, -0.2) is 4.79 Å². The van der Waals surface area contributed by atoms with Gasteiger partial charge in [0.05, 0.1) is 0 Å². The number of carbonyl (C=O) groups is 1. The van der Waals surface area contributed by atoms with E-state index in [1.807, 2.05) is 0 Å². The molecule has 0 saturated carbocycles. The van der Waals surface area contributed by atoms with Gasteiger partial charge in [-0.15, -0.1) is 0 Å². The summed E-state index contributed by atoms with van der Waals surface area (Å²) in [6.07, 6.45) is 1.90. The molecule has 0 fully saturated rings. The van der Waals surface area contributed by atoms with Crippen LogP contribution in [-0.4, -0.2) is 33.7 Å². The Morgan fingerprint density at radius 3 is 3.00 bits per heavy atom. The molecule has 88 valence electrons. The Morgan fingerprint density at radius 1 is 1.62 bits per heavy atom. The number of carbonyl (C=O) groups excluding carboxylic acids is 1. The summed E-state index contributed by atoms with van der Waals surface area (Å²) >= 11 is 0. The van der Waals surface area contributed by atoms with Crippen molar-refractivity contribution in [2.75, 3.05) is 18.9 Å². The van der Waals surface area contributed by atoms with Crippen LogP contribution < -0.4 is 16.7 Å². The summed E-state index contributed by atoms with van der Waals surface area (Å²) in [7, 11) is 0. The van der Waals surface area contributed by atoms with E-state index in [1.54, 1.807) is 0 Å². The lowest BCUT2D eigenvalue weighted by atomic mass is 10.4. The van der Waals surface area contributed by atoms with E-state index < -0.39 is 5.69 Å². The van der Waals surface area contributed by atoms with E-state index in [2.05, 4.69) is 10.3 Å². The molecule has 1 amide bonds. The Labute approximate surface area is 91.9 Å². The quantitative estimate of drug-likeness (QED) is 0.520. The molecular formula is C9H14N4O3. The van der Waals surface area contributed by atoms with E-state index in [-0.39, 0.29) is 24.9 Å². The lowest BCUT2D eigenvalue weighted by molar-refractivity contribution is -0.121. The molecule has 0 aliphatic rings. The molecule has 1 heterocycles. The lowest BCUT2D eigenvalue weighted by Gasteiger charge is -2.05. The molecule has 0 aliphatic heterocycles. The lowest BCUT2D eigenvalue weighted by Crippen LogP contribution is -2.33. The average molecular weight is 226 g/mol. The number of amides is 1. The molecule has 0 saturated heterocycles. The van der Waals surface area contributed by atoms with E-state index >= 15 is 0 Å². The van der Waals surface area contributed by atoms with Crippen molar-refractivity contribution in [2.24, 2.45) is 0 Å². The Hall–Kier alpha value is -1.89. The molecule has 0 spiro atoms. The molecule has 7 nitrogen and oxygen atoms in total. The molecule has 1 aromatic rings. The minimum absolute atomic E-state index is 0.0175. The van der Waals surface area contributed by atoms with Crippen molar-refractivity contribution < 1.29 is 9.90 Å². The second kappa shape index (κ2) is 5.86. The molecule has 7 heteroatoms. The zero-order valence-corrected chi connectivity index (χ0v) is 8.72. The van der Waals surface area contributed by atoms with Crippen molar-refractivity contribution in [1.29, 1.82) is 0 Å². The van der Waals surface area contributed by atoms with E-state index in [0.717, 1.165) is 4.57 Å². The topological polar surface area (TPSA) is 110 Å². The SMILES string of the molecule is Nc1ccn(CC(=O)NCCCO)c(=O)n1. The maximum atomic E-state index is 11.3. The fourth-order valence-electron chi connectivity index (χ4n) is 1.08. The first-order valence-electron chi connectivity index (χ1n) is 4.84. The van der Waals surface area contributed by atoms with E-state index in [9.17, 15) is 9.59 Å². The van der Waals surface area contributed by atoms with Crippen molar-refractivity contribution in [3.05, 3.63) is 22.7 Å². The maximum absolute atomic E-state index is 11.3. The number of aromatic nitrogens is 2. The van der Waals surface area contributed by atoms with E-state index in [1.165, 1.54) is 12.3 Å². The van der Waals surface area contributed by atoms with Gasteiger partial charge in [0.15, 0.2) is 0 Å². The molecule has 0 atom stereocenters. The van der Waals surface area contributed by atoms with E-state index in [4.69, 9.17) is 10.8 Å². The van der Waals surface area contributed by atoms with Crippen molar-refractivity contribution in [2.45, 2.75) is 13.0 Å². The number of nitrogens with one attached hydrogen (secondary N) is 1. The molecule has 4 N–H and O–H groups in total. The summed E-state index contributed by atoms with van der Waals surface area (Å²) in [4.78, 5) is 26.1. The summed E-state index contributed by atoms with van der Waals surface area (Å²) in [5.41, 5.74) is 4.75. The first-order valence-corrected chi connectivity index (χ1v) is 4.84. The van der Waals surface area contributed by atoms with Crippen LogP contribution in [0, 0.1) is 0 Å². The van der Waals surface area contributed by atoms with Crippen molar-refractivity contribution in [1.82, 2.24) is 14.9 Å². The third-order valence-corrected chi connectivity index (χ3v) is 1.87.